The normalized spacial score (nSPS) is 11.1. The number of amides is 1. The number of fused-ring (bicyclic) bond motifs is 1. The molecule has 5 nitrogen and oxygen atoms in total. The maximum Gasteiger partial charge on any atom is 0.271 e. The second kappa shape index (κ2) is 9.09. The zero-order chi connectivity index (χ0) is 20.8. The molecule has 0 bridgehead atoms. The van der Waals surface area contributed by atoms with Crippen LogP contribution in [0.4, 0.5) is 0 Å². The van der Waals surface area contributed by atoms with Crippen LogP contribution in [-0.2, 0) is 6.54 Å². The molecule has 3 aromatic carbocycles. The Hall–Kier alpha value is -3.86. The fourth-order valence-corrected chi connectivity index (χ4v) is 3.38. The molecule has 1 N–H and O–H groups in total. The second-order valence-electron chi connectivity index (χ2n) is 6.87. The minimum absolute atomic E-state index is 0.262. The van der Waals surface area contributed by atoms with Crippen molar-refractivity contribution in [2.45, 2.75) is 13.5 Å². The molecule has 30 heavy (non-hydrogen) atoms. The minimum Gasteiger partial charge on any atom is -0.494 e. The summed E-state index contributed by atoms with van der Waals surface area (Å²) >= 11 is 0. The Balaban J connectivity index is 1.50. The summed E-state index contributed by atoms with van der Waals surface area (Å²) in [5.74, 6) is 0.478. The first-order valence-electron chi connectivity index (χ1n) is 9.92. The lowest BCUT2D eigenvalue weighted by Crippen LogP contribution is -2.17. The fraction of sp³-hybridized carbons (Fsp3) is 0.120. The quantitative estimate of drug-likeness (QED) is 0.358. The van der Waals surface area contributed by atoms with Gasteiger partial charge in [-0.15, -0.1) is 0 Å². The lowest BCUT2D eigenvalue weighted by atomic mass is 10.2. The average molecular weight is 397 g/mol. The molecule has 0 radical (unpaired) electrons. The van der Waals surface area contributed by atoms with E-state index in [1.165, 1.54) is 5.56 Å². The van der Waals surface area contributed by atoms with Crippen LogP contribution in [0.2, 0.25) is 0 Å². The Morgan fingerprint density at radius 3 is 2.50 bits per heavy atom. The molecule has 0 atom stereocenters. The monoisotopic (exact) mass is 397 g/mol. The van der Waals surface area contributed by atoms with Gasteiger partial charge in [-0.25, -0.2) is 5.43 Å². The molecule has 1 heterocycles. The molecule has 1 amide bonds. The first kappa shape index (κ1) is 19.5. The van der Waals surface area contributed by atoms with E-state index < -0.39 is 0 Å². The van der Waals surface area contributed by atoms with Gasteiger partial charge in [0.1, 0.15) is 5.75 Å². The Kier molecular flexibility index (Phi) is 5.90. The summed E-state index contributed by atoms with van der Waals surface area (Å²) in [5.41, 5.74) is 6.44. The van der Waals surface area contributed by atoms with E-state index in [0.29, 0.717) is 12.2 Å². The number of carbonyl (C=O) groups is 1. The molecule has 0 fully saturated rings. The predicted molar refractivity (Wildman–Crippen MR) is 120 cm³/mol. The number of nitrogens with one attached hydrogen (secondary N) is 1. The topological polar surface area (TPSA) is 55.6 Å². The molecule has 0 aliphatic carbocycles. The van der Waals surface area contributed by atoms with E-state index in [1.54, 1.807) is 30.5 Å². The van der Waals surface area contributed by atoms with Crippen molar-refractivity contribution in [3.8, 4) is 5.75 Å². The van der Waals surface area contributed by atoms with Crippen LogP contribution >= 0.6 is 0 Å². The van der Waals surface area contributed by atoms with Crippen molar-refractivity contribution in [3.05, 3.63) is 102 Å². The zero-order valence-corrected chi connectivity index (χ0v) is 16.8. The molecule has 0 aliphatic heterocycles. The summed E-state index contributed by atoms with van der Waals surface area (Å²) in [5, 5.41) is 5.27. The van der Waals surface area contributed by atoms with Gasteiger partial charge in [-0.2, -0.15) is 5.10 Å². The number of nitrogens with zero attached hydrogens (tertiary/aromatic N) is 2. The van der Waals surface area contributed by atoms with Gasteiger partial charge in [-0.1, -0.05) is 48.5 Å². The molecule has 0 saturated carbocycles. The van der Waals surface area contributed by atoms with E-state index in [2.05, 4.69) is 45.6 Å². The largest absolute Gasteiger partial charge is 0.494 e. The van der Waals surface area contributed by atoms with Crippen LogP contribution in [0.5, 0.6) is 5.75 Å². The molecule has 4 rings (SSSR count). The third-order valence-electron chi connectivity index (χ3n) is 4.81. The number of hydrogen-bond donors (Lipinski definition) is 1. The van der Waals surface area contributed by atoms with Crippen molar-refractivity contribution >= 4 is 23.0 Å². The Morgan fingerprint density at radius 1 is 1.00 bits per heavy atom. The van der Waals surface area contributed by atoms with Gasteiger partial charge in [-0.05, 0) is 42.8 Å². The lowest BCUT2D eigenvalue weighted by molar-refractivity contribution is 0.0955. The number of hydrogen-bond acceptors (Lipinski definition) is 3. The first-order chi connectivity index (χ1) is 14.7. The maximum atomic E-state index is 12.3. The molecule has 0 saturated heterocycles. The standard InChI is InChI=1S/C25H23N3O2/c1-2-30-22-14-12-20(13-15-22)25(29)27-26-16-21-18-28(17-19-8-4-3-5-9-19)24-11-7-6-10-23(21)24/h3-16,18H,2,17H2,1H3,(H,27,29)/b26-16+. The molecule has 4 aromatic rings. The summed E-state index contributed by atoms with van der Waals surface area (Å²) in [6.45, 7) is 3.29. The van der Waals surface area contributed by atoms with Gasteiger partial charge in [0.2, 0.25) is 0 Å². The Labute approximate surface area is 175 Å². The van der Waals surface area contributed by atoms with Crippen LogP contribution < -0.4 is 10.2 Å². The van der Waals surface area contributed by atoms with Crippen LogP contribution in [-0.4, -0.2) is 23.3 Å². The molecule has 0 aliphatic rings. The van der Waals surface area contributed by atoms with Gasteiger partial charge in [0.15, 0.2) is 0 Å². The van der Waals surface area contributed by atoms with Crippen molar-refractivity contribution < 1.29 is 9.53 Å². The number of aromatic nitrogens is 1. The number of rotatable bonds is 7. The molecule has 150 valence electrons. The summed E-state index contributed by atoms with van der Waals surface area (Å²) in [6, 6.07) is 25.5. The van der Waals surface area contributed by atoms with Crippen LogP contribution in [0.15, 0.2) is 90.2 Å². The van der Waals surface area contributed by atoms with E-state index in [-0.39, 0.29) is 5.91 Å². The zero-order valence-electron chi connectivity index (χ0n) is 16.8. The molecule has 0 spiro atoms. The van der Waals surface area contributed by atoms with Gasteiger partial charge in [0, 0.05) is 34.8 Å². The molecular weight excluding hydrogens is 374 g/mol. The highest BCUT2D eigenvalue weighted by atomic mass is 16.5. The van der Waals surface area contributed by atoms with Crippen LogP contribution in [0.3, 0.4) is 0 Å². The third-order valence-corrected chi connectivity index (χ3v) is 4.81. The van der Waals surface area contributed by atoms with Crippen molar-refractivity contribution in [3.63, 3.8) is 0 Å². The smallest absolute Gasteiger partial charge is 0.271 e. The van der Waals surface area contributed by atoms with E-state index in [9.17, 15) is 4.79 Å². The maximum absolute atomic E-state index is 12.3. The van der Waals surface area contributed by atoms with E-state index in [0.717, 1.165) is 28.8 Å². The average Bonchev–Trinajstić information content (AvgIpc) is 3.13. The number of benzene rings is 3. The molecule has 5 heteroatoms. The third kappa shape index (κ3) is 4.41. The van der Waals surface area contributed by atoms with Crippen LogP contribution in [0.25, 0.3) is 10.9 Å². The van der Waals surface area contributed by atoms with Crippen LogP contribution in [0, 0.1) is 0 Å². The number of hydrazone groups is 1. The van der Waals surface area contributed by atoms with E-state index in [1.807, 2.05) is 37.3 Å². The Morgan fingerprint density at radius 2 is 1.73 bits per heavy atom. The SMILES string of the molecule is CCOc1ccc(C(=O)N/N=C/c2cn(Cc3ccccc3)c3ccccc23)cc1. The van der Waals surface area contributed by atoms with Gasteiger partial charge >= 0.3 is 0 Å². The van der Waals surface area contributed by atoms with Crippen molar-refractivity contribution in [2.75, 3.05) is 6.61 Å². The van der Waals surface area contributed by atoms with E-state index >= 15 is 0 Å². The molecule has 0 unspecified atom stereocenters. The number of para-hydroxylation sites is 1. The first-order valence-corrected chi connectivity index (χ1v) is 9.92. The highest BCUT2D eigenvalue weighted by Gasteiger charge is 2.08. The summed E-state index contributed by atoms with van der Waals surface area (Å²) in [4.78, 5) is 12.3. The summed E-state index contributed by atoms with van der Waals surface area (Å²) in [7, 11) is 0. The highest BCUT2D eigenvalue weighted by molar-refractivity contribution is 6.00. The predicted octanol–water partition coefficient (Wildman–Crippen LogP) is 4.85. The van der Waals surface area contributed by atoms with Gasteiger partial charge < -0.3 is 9.30 Å². The van der Waals surface area contributed by atoms with Crippen molar-refractivity contribution in [2.24, 2.45) is 5.10 Å². The lowest BCUT2D eigenvalue weighted by Gasteiger charge is -2.05. The number of ether oxygens (including phenoxy) is 1. The number of carbonyl (C=O) groups excluding carboxylic acids is 1. The minimum atomic E-state index is -0.262. The Bertz CT molecular complexity index is 1160. The second-order valence-corrected chi connectivity index (χ2v) is 6.87. The van der Waals surface area contributed by atoms with Crippen LogP contribution in [0.1, 0.15) is 28.4 Å². The van der Waals surface area contributed by atoms with Crippen molar-refractivity contribution in [1.29, 1.82) is 0 Å². The molecular formula is C25H23N3O2. The van der Waals surface area contributed by atoms with Gasteiger partial charge in [0.05, 0.1) is 12.8 Å². The summed E-state index contributed by atoms with van der Waals surface area (Å²) in [6.07, 6.45) is 3.75. The van der Waals surface area contributed by atoms with Gasteiger partial charge in [0.25, 0.3) is 5.91 Å². The van der Waals surface area contributed by atoms with E-state index in [4.69, 9.17) is 4.74 Å². The highest BCUT2D eigenvalue weighted by Crippen LogP contribution is 2.21. The molecule has 1 aromatic heterocycles. The van der Waals surface area contributed by atoms with Gasteiger partial charge in [-0.3, -0.25) is 4.79 Å². The fourth-order valence-electron chi connectivity index (χ4n) is 3.38. The summed E-state index contributed by atoms with van der Waals surface area (Å²) < 4.78 is 7.60. The van der Waals surface area contributed by atoms with Crippen molar-refractivity contribution in [1.82, 2.24) is 9.99 Å².